The Hall–Kier alpha value is -2.17. The van der Waals surface area contributed by atoms with E-state index in [2.05, 4.69) is 31.2 Å². The summed E-state index contributed by atoms with van der Waals surface area (Å²) in [7, 11) is 0. The molecule has 8 nitrogen and oxygen atoms in total. The van der Waals surface area contributed by atoms with Crippen LogP contribution in [0.5, 0.6) is 0 Å². The number of nitrogens with one attached hydrogen (secondary N) is 1. The quantitative estimate of drug-likeness (QED) is 0.403. The summed E-state index contributed by atoms with van der Waals surface area (Å²) in [4.78, 5) is 16.5. The summed E-state index contributed by atoms with van der Waals surface area (Å²) in [6.45, 7) is 1.35. The average Bonchev–Trinajstić information content (AvgIpc) is 3.11. The second-order valence-corrected chi connectivity index (χ2v) is 7.06. The third-order valence-electron chi connectivity index (χ3n) is 4.25. The number of amidine groups is 1. The predicted octanol–water partition coefficient (Wildman–Crippen LogP) is 2.96. The molecule has 1 aliphatic rings. The van der Waals surface area contributed by atoms with Gasteiger partial charge in [0.25, 0.3) is 0 Å². The number of aromatic nitrogens is 2. The molecule has 0 radical (unpaired) electrons. The van der Waals surface area contributed by atoms with Gasteiger partial charge in [-0.2, -0.15) is 0 Å². The first-order valence-electron chi connectivity index (χ1n) is 8.42. The maximum Gasteiger partial charge on any atom is 0.182 e. The summed E-state index contributed by atoms with van der Waals surface area (Å²) < 4.78 is 23.6. The maximum absolute atomic E-state index is 13.3. The Balaban J connectivity index is 1.74. The van der Waals surface area contributed by atoms with Gasteiger partial charge >= 0.3 is 0 Å². The highest BCUT2D eigenvalue weighted by Gasteiger charge is 2.22. The van der Waals surface area contributed by atoms with Gasteiger partial charge in [-0.15, -0.1) is 0 Å². The van der Waals surface area contributed by atoms with Gasteiger partial charge in [-0.3, -0.25) is 15.5 Å². The highest BCUT2D eigenvalue weighted by molar-refractivity contribution is 9.10. The number of nitrogens with zero attached hydrogens (tertiary/aromatic N) is 3. The number of hydrogen-bond acceptors (Lipinski definition) is 7. The zero-order valence-electron chi connectivity index (χ0n) is 14.3. The molecule has 0 atom stereocenters. The largest absolute Gasteiger partial charge is 0.381 e. The van der Waals surface area contributed by atoms with Gasteiger partial charge in [0.15, 0.2) is 11.5 Å². The lowest BCUT2D eigenvalue weighted by Crippen LogP contribution is -2.23. The van der Waals surface area contributed by atoms with Gasteiger partial charge in [-0.1, -0.05) is 5.16 Å². The van der Waals surface area contributed by atoms with Crippen molar-refractivity contribution in [2.24, 2.45) is 10.9 Å². The van der Waals surface area contributed by atoms with E-state index in [0.29, 0.717) is 31.2 Å². The number of benzene rings is 1. The van der Waals surface area contributed by atoms with Crippen LogP contribution in [-0.4, -0.2) is 40.4 Å². The molecule has 2 N–H and O–H groups in total. The van der Waals surface area contributed by atoms with Crippen molar-refractivity contribution in [3.8, 4) is 0 Å². The molecule has 2 aromatic rings. The smallest absolute Gasteiger partial charge is 0.182 e. The van der Waals surface area contributed by atoms with E-state index in [1.165, 1.54) is 18.2 Å². The van der Waals surface area contributed by atoms with E-state index >= 15 is 0 Å². The normalized spacial score (nSPS) is 15.7. The van der Waals surface area contributed by atoms with Crippen molar-refractivity contribution >= 4 is 33.2 Å². The molecule has 0 amide bonds. The van der Waals surface area contributed by atoms with Gasteiger partial charge in [-0.25, -0.2) is 14.0 Å². The molecule has 0 spiro atoms. The summed E-state index contributed by atoms with van der Waals surface area (Å²) in [5.41, 5.74) is 2.69. The van der Waals surface area contributed by atoms with Crippen molar-refractivity contribution in [1.29, 1.82) is 0 Å². The molecule has 0 bridgehead atoms. The second-order valence-electron chi connectivity index (χ2n) is 6.21. The first kappa shape index (κ1) is 19.6. The minimum absolute atomic E-state index is 0.000617. The standard InChI is InChI=1S/C17H18BrFN4O4/c18-13-8-11(1-2-14(13)19)20-17(21-25)16-15(22-27-23-16)9-12(24)7-10-3-5-26-6-4-10/h1-2,8,10,25H,3-7,9H2,(H,20,21). The molecule has 144 valence electrons. The molecule has 1 aliphatic heterocycles. The van der Waals surface area contributed by atoms with Crippen LogP contribution in [0.25, 0.3) is 0 Å². The van der Waals surface area contributed by atoms with E-state index in [1.54, 1.807) is 0 Å². The van der Waals surface area contributed by atoms with Crippen molar-refractivity contribution in [1.82, 2.24) is 15.8 Å². The first-order chi connectivity index (χ1) is 13.1. The van der Waals surface area contributed by atoms with Crippen molar-refractivity contribution in [2.75, 3.05) is 13.2 Å². The Bertz CT molecular complexity index is 836. The Morgan fingerprint density at radius 3 is 2.85 bits per heavy atom. The highest BCUT2D eigenvalue weighted by Crippen LogP contribution is 2.23. The van der Waals surface area contributed by atoms with Crippen LogP contribution in [0.1, 0.15) is 30.7 Å². The molecule has 3 rings (SSSR count). The van der Waals surface area contributed by atoms with Crippen LogP contribution in [-0.2, 0) is 16.0 Å². The number of hydroxylamine groups is 1. The van der Waals surface area contributed by atoms with Crippen molar-refractivity contribution in [3.63, 3.8) is 0 Å². The van der Waals surface area contributed by atoms with Gasteiger partial charge in [-0.05, 0) is 58.0 Å². The fourth-order valence-corrected chi connectivity index (χ4v) is 3.22. The van der Waals surface area contributed by atoms with Gasteiger partial charge in [0.05, 0.1) is 16.6 Å². The molecule has 27 heavy (non-hydrogen) atoms. The number of Topliss-reactive ketones (excluding diaryl/α,β-unsaturated/α-hetero) is 1. The van der Waals surface area contributed by atoms with Crippen LogP contribution < -0.4 is 5.48 Å². The highest BCUT2D eigenvalue weighted by atomic mass is 79.9. The topological polar surface area (TPSA) is 110 Å². The molecule has 0 saturated carbocycles. The number of carbonyl (C=O) groups excluding carboxylic acids is 1. The van der Waals surface area contributed by atoms with E-state index in [4.69, 9.17) is 9.37 Å². The molecule has 1 aromatic heterocycles. The number of ether oxygens (including phenoxy) is 1. The fraction of sp³-hybridized carbons (Fsp3) is 0.412. The number of rotatable bonds is 6. The summed E-state index contributed by atoms with van der Waals surface area (Å²) in [6, 6.07) is 4.11. The van der Waals surface area contributed by atoms with Crippen LogP contribution in [0.4, 0.5) is 10.1 Å². The minimum Gasteiger partial charge on any atom is -0.381 e. The first-order valence-corrected chi connectivity index (χ1v) is 9.21. The fourth-order valence-electron chi connectivity index (χ4n) is 2.85. The Morgan fingerprint density at radius 1 is 1.37 bits per heavy atom. The summed E-state index contributed by atoms with van der Waals surface area (Å²) >= 11 is 3.07. The number of halogens is 2. The van der Waals surface area contributed by atoms with Gasteiger partial charge in [0.1, 0.15) is 17.3 Å². The summed E-state index contributed by atoms with van der Waals surface area (Å²) in [5.74, 6) is -0.186. The SMILES string of the molecule is O=C(Cc1nonc1C(=Nc1ccc(F)c(Br)c1)NO)CC1CCOCC1. The molecule has 10 heteroatoms. The Kier molecular flexibility index (Phi) is 6.64. The molecule has 1 fully saturated rings. The van der Waals surface area contributed by atoms with Crippen molar-refractivity contribution < 1.29 is 23.8 Å². The van der Waals surface area contributed by atoms with Crippen LogP contribution in [0.3, 0.4) is 0 Å². The average molecular weight is 441 g/mol. The van der Waals surface area contributed by atoms with E-state index in [9.17, 15) is 14.4 Å². The lowest BCUT2D eigenvalue weighted by Gasteiger charge is -2.20. The van der Waals surface area contributed by atoms with Gasteiger partial charge < -0.3 is 4.74 Å². The van der Waals surface area contributed by atoms with E-state index < -0.39 is 5.82 Å². The summed E-state index contributed by atoms with van der Waals surface area (Å²) in [6.07, 6.45) is 2.17. The van der Waals surface area contributed by atoms with E-state index in [0.717, 1.165) is 12.8 Å². The zero-order chi connectivity index (χ0) is 19.2. The van der Waals surface area contributed by atoms with Crippen LogP contribution >= 0.6 is 15.9 Å². The number of aliphatic imine (C=N–C) groups is 1. The third-order valence-corrected chi connectivity index (χ3v) is 4.86. The molecule has 2 heterocycles. The summed E-state index contributed by atoms with van der Waals surface area (Å²) in [5, 5.41) is 16.9. The Labute approximate surface area is 162 Å². The van der Waals surface area contributed by atoms with Crippen LogP contribution in [0.2, 0.25) is 0 Å². The van der Waals surface area contributed by atoms with Gasteiger partial charge in [0, 0.05) is 19.6 Å². The maximum atomic E-state index is 13.3. The van der Waals surface area contributed by atoms with Crippen molar-refractivity contribution in [3.05, 3.63) is 39.9 Å². The lowest BCUT2D eigenvalue weighted by atomic mass is 9.93. The number of ketones is 1. The second kappa shape index (κ2) is 9.16. The van der Waals surface area contributed by atoms with Crippen molar-refractivity contribution in [2.45, 2.75) is 25.7 Å². The number of carbonyl (C=O) groups is 1. The molecule has 0 unspecified atom stereocenters. The van der Waals surface area contributed by atoms with E-state index in [1.807, 2.05) is 5.48 Å². The van der Waals surface area contributed by atoms with Gasteiger partial charge in [0.2, 0.25) is 0 Å². The minimum atomic E-state index is -0.435. The zero-order valence-corrected chi connectivity index (χ0v) is 15.9. The van der Waals surface area contributed by atoms with Crippen LogP contribution in [0, 0.1) is 11.7 Å². The third kappa shape index (κ3) is 5.18. The molecule has 1 aromatic carbocycles. The molecular formula is C17H18BrFN4O4. The molecule has 1 saturated heterocycles. The Morgan fingerprint density at radius 2 is 2.15 bits per heavy atom. The number of hydrogen-bond donors (Lipinski definition) is 2. The van der Waals surface area contributed by atoms with Crippen LogP contribution in [0.15, 0.2) is 32.3 Å². The molecular weight excluding hydrogens is 423 g/mol. The predicted molar refractivity (Wildman–Crippen MR) is 96.4 cm³/mol. The lowest BCUT2D eigenvalue weighted by molar-refractivity contribution is -0.120. The monoisotopic (exact) mass is 440 g/mol. The molecule has 0 aliphatic carbocycles. The van der Waals surface area contributed by atoms with E-state index in [-0.39, 0.29) is 33.9 Å².